The number of rotatable bonds is 7. The lowest BCUT2D eigenvalue weighted by Crippen LogP contribution is -2.43. The van der Waals surface area contributed by atoms with E-state index in [9.17, 15) is 13.2 Å². The summed E-state index contributed by atoms with van der Waals surface area (Å²) in [5.74, 6) is 3.99. The molecule has 3 aromatic heterocycles. The van der Waals surface area contributed by atoms with Crippen LogP contribution in [0.5, 0.6) is 11.6 Å². The third-order valence-electron chi connectivity index (χ3n) is 7.52. The summed E-state index contributed by atoms with van der Waals surface area (Å²) in [6, 6.07) is 5.30. The Morgan fingerprint density at radius 3 is 2.51 bits per heavy atom. The van der Waals surface area contributed by atoms with Crippen molar-refractivity contribution < 1.29 is 22.6 Å². The molecule has 0 radical (unpaired) electrons. The predicted octanol–water partition coefficient (Wildman–Crippen LogP) is 4.05. The fourth-order valence-corrected chi connectivity index (χ4v) is 5.73. The number of ether oxygens (including phenoxy) is 2. The predicted molar refractivity (Wildman–Crippen MR) is 121 cm³/mol. The number of hydrogen-bond donors (Lipinski definition) is 0. The Labute approximate surface area is 200 Å². The Balaban J connectivity index is 1.23. The Bertz CT molecular complexity index is 1210. The zero-order valence-corrected chi connectivity index (χ0v) is 19.4. The van der Waals surface area contributed by atoms with Gasteiger partial charge in [0, 0.05) is 37.2 Å². The second kappa shape index (κ2) is 8.53. The minimum atomic E-state index is -4.41. The molecular formula is C24H27F3N6O2. The van der Waals surface area contributed by atoms with Crippen LogP contribution >= 0.6 is 0 Å². The van der Waals surface area contributed by atoms with Gasteiger partial charge >= 0.3 is 6.18 Å². The van der Waals surface area contributed by atoms with E-state index in [2.05, 4.69) is 19.9 Å². The van der Waals surface area contributed by atoms with Gasteiger partial charge in [-0.3, -0.25) is 0 Å². The van der Waals surface area contributed by atoms with Gasteiger partial charge in [0.1, 0.15) is 12.1 Å². The lowest BCUT2D eigenvalue weighted by Gasteiger charge is -2.38. The van der Waals surface area contributed by atoms with Crippen molar-refractivity contribution in [3.05, 3.63) is 36.0 Å². The van der Waals surface area contributed by atoms with Gasteiger partial charge in [-0.1, -0.05) is 0 Å². The molecule has 6 rings (SSSR count). The van der Waals surface area contributed by atoms with Crippen LogP contribution in [0.4, 0.5) is 19.0 Å². The lowest BCUT2D eigenvalue weighted by atomic mass is 9.82. The highest BCUT2D eigenvalue weighted by atomic mass is 19.4. The first-order chi connectivity index (χ1) is 16.9. The summed E-state index contributed by atoms with van der Waals surface area (Å²) in [7, 11) is 1.60. The highest BCUT2D eigenvalue weighted by molar-refractivity contribution is 5.55. The van der Waals surface area contributed by atoms with Gasteiger partial charge in [0.05, 0.1) is 7.11 Å². The molecular weight excluding hydrogens is 461 g/mol. The van der Waals surface area contributed by atoms with Gasteiger partial charge in [0.2, 0.25) is 5.88 Å². The number of hydrogen-bond acceptors (Lipinski definition) is 7. The fraction of sp³-hybridized carbons (Fsp3) is 0.583. The van der Waals surface area contributed by atoms with E-state index < -0.39 is 12.8 Å². The standard InChI is InChI=1S/C24H27F3N6O2/c1-34-22-9-21(28-13-29-22)32-10-15-4-5-16(11-32)17(15)8-20-30-23-19(35-12-24(25,26)27)7-6-18(14-2-3-14)33(23)31-20/h6-7,9,13-17H,2-5,8,10-12H2,1H3/t15-,16+,17?. The SMILES string of the molecule is COc1cc(N2C[C@H]3CC[C@@H](C2)C3Cc2nc3c(OCC(F)(F)F)ccc(C4CC4)n3n2)ncn1. The van der Waals surface area contributed by atoms with Gasteiger partial charge in [-0.05, 0) is 55.6 Å². The van der Waals surface area contributed by atoms with Crippen LogP contribution in [-0.4, -0.2) is 57.5 Å². The molecule has 3 aliphatic rings. The van der Waals surface area contributed by atoms with Crippen LogP contribution in [-0.2, 0) is 6.42 Å². The number of piperidine rings is 1. The average Bonchev–Trinajstić information content (AvgIpc) is 3.55. The summed E-state index contributed by atoms with van der Waals surface area (Å²) in [6.07, 6.45) is 2.21. The Hall–Kier alpha value is -3.11. The number of aromatic nitrogens is 5. The average molecular weight is 489 g/mol. The van der Waals surface area contributed by atoms with E-state index in [1.807, 2.05) is 12.1 Å². The first-order valence-electron chi connectivity index (χ1n) is 12.1. The van der Waals surface area contributed by atoms with Crippen molar-refractivity contribution in [2.24, 2.45) is 17.8 Å². The van der Waals surface area contributed by atoms with E-state index >= 15 is 0 Å². The maximum Gasteiger partial charge on any atom is 0.422 e. The molecule has 8 nitrogen and oxygen atoms in total. The fourth-order valence-electron chi connectivity index (χ4n) is 5.73. The molecule has 3 atom stereocenters. The summed E-state index contributed by atoms with van der Waals surface area (Å²) in [5, 5.41) is 4.76. The summed E-state index contributed by atoms with van der Waals surface area (Å²) in [5.41, 5.74) is 1.38. The van der Waals surface area contributed by atoms with Crippen molar-refractivity contribution >= 4 is 11.5 Å². The molecule has 35 heavy (non-hydrogen) atoms. The summed E-state index contributed by atoms with van der Waals surface area (Å²) in [6.45, 7) is 0.439. The van der Waals surface area contributed by atoms with Crippen LogP contribution in [0, 0.1) is 17.8 Å². The van der Waals surface area contributed by atoms with Gasteiger partial charge in [0.15, 0.2) is 23.8 Å². The van der Waals surface area contributed by atoms with Crippen molar-refractivity contribution in [3.63, 3.8) is 0 Å². The maximum absolute atomic E-state index is 12.8. The topological polar surface area (TPSA) is 77.7 Å². The molecule has 1 unspecified atom stereocenters. The Morgan fingerprint density at radius 1 is 1.06 bits per heavy atom. The zero-order chi connectivity index (χ0) is 24.2. The van der Waals surface area contributed by atoms with Gasteiger partial charge in [0.25, 0.3) is 0 Å². The molecule has 3 fully saturated rings. The largest absolute Gasteiger partial charge is 0.481 e. The molecule has 2 aliphatic carbocycles. The molecule has 2 bridgehead atoms. The molecule has 186 valence electrons. The minimum absolute atomic E-state index is 0.126. The second-order valence-corrected chi connectivity index (χ2v) is 9.85. The molecule has 0 aromatic carbocycles. The van der Waals surface area contributed by atoms with Crippen LogP contribution in [0.2, 0.25) is 0 Å². The van der Waals surface area contributed by atoms with Crippen LogP contribution < -0.4 is 14.4 Å². The molecule has 0 N–H and O–H groups in total. The van der Waals surface area contributed by atoms with Crippen molar-refractivity contribution in [2.45, 2.75) is 44.2 Å². The molecule has 0 amide bonds. The zero-order valence-electron chi connectivity index (χ0n) is 19.4. The van der Waals surface area contributed by atoms with Crippen LogP contribution in [0.3, 0.4) is 0 Å². The van der Waals surface area contributed by atoms with Gasteiger partial charge in [-0.25, -0.2) is 19.5 Å². The third kappa shape index (κ3) is 4.48. The highest BCUT2D eigenvalue weighted by Gasteiger charge is 2.43. The van der Waals surface area contributed by atoms with Crippen molar-refractivity contribution in [2.75, 3.05) is 31.7 Å². The number of anilines is 1. The Morgan fingerprint density at radius 2 is 1.83 bits per heavy atom. The molecule has 1 saturated heterocycles. The Kier molecular flexibility index (Phi) is 5.45. The molecule has 4 heterocycles. The first-order valence-corrected chi connectivity index (χ1v) is 12.1. The van der Waals surface area contributed by atoms with E-state index in [0.29, 0.717) is 47.4 Å². The van der Waals surface area contributed by atoms with Crippen molar-refractivity contribution in [1.29, 1.82) is 0 Å². The van der Waals surface area contributed by atoms with E-state index in [1.165, 1.54) is 6.33 Å². The maximum atomic E-state index is 12.8. The molecule has 2 saturated carbocycles. The third-order valence-corrected chi connectivity index (χ3v) is 7.52. The highest BCUT2D eigenvalue weighted by Crippen LogP contribution is 2.45. The van der Waals surface area contributed by atoms with E-state index in [-0.39, 0.29) is 5.75 Å². The second-order valence-electron chi connectivity index (χ2n) is 9.85. The van der Waals surface area contributed by atoms with Crippen LogP contribution in [0.1, 0.15) is 43.1 Å². The molecule has 3 aromatic rings. The smallest absolute Gasteiger partial charge is 0.422 e. The normalized spacial score (nSPS) is 24.2. The van der Waals surface area contributed by atoms with E-state index in [0.717, 1.165) is 50.3 Å². The number of alkyl halides is 3. The number of halogens is 3. The summed E-state index contributed by atoms with van der Waals surface area (Å²) < 4.78 is 50.4. The van der Waals surface area contributed by atoms with Crippen LogP contribution in [0.15, 0.2) is 24.5 Å². The first kappa shape index (κ1) is 22.4. The molecule has 1 aliphatic heterocycles. The van der Waals surface area contributed by atoms with Crippen molar-refractivity contribution in [1.82, 2.24) is 24.6 Å². The minimum Gasteiger partial charge on any atom is -0.481 e. The van der Waals surface area contributed by atoms with Gasteiger partial charge in [-0.2, -0.15) is 18.3 Å². The van der Waals surface area contributed by atoms with E-state index in [1.54, 1.807) is 17.7 Å². The molecule has 0 spiro atoms. The quantitative estimate of drug-likeness (QED) is 0.497. The molecule has 11 heteroatoms. The number of methoxy groups -OCH3 is 1. The lowest BCUT2D eigenvalue weighted by molar-refractivity contribution is -0.153. The number of pyridine rings is 1. The van der Waals surface area contributed by atoms with Gasteiger partial charge < -0.3 is 14.4 Å². The summed E-state index contributed by atoms with van der Waals surface area (Å²) in [4.78, 5) is 15.5. The van der Waals surface area contributed by atoms with E-state index in [4.69, 9.17) is 14.6 Å². The number of nitrogens with zero attached hydrogens (tertiary/aromatic N) is 6. The monoisotopic (exact) mass is 488 g/mol. The van der Waals surface area contributed by atoms with Gasteiger partial charge in [-0.15, -0.1) is 0 Å². The number of fused-ring (bicyclic) bond motifs is 3. The van der Waals surface area contributed by atoms with Crippen LogP contribution in [0.25, 0.3) is 5.65 Å². The summed E-state index contributed by atoms with van der Waals surface area (Å²) >= 11 is 0. The van der Waals surface area contributed by atoms with Crippen molar-refractivity contribution in [3.8, 4) is 11.6 Å².